The molecule has 12 N–H and O–H groups in total. The zero-order chi connectivity index (χ0) is 30.6. The van der Waals surface area contributed by atoms with Crippen LogP contribution in [0.2, 0.25) is 0 Å². The van der Waals surface area contributed by atoms with Crippen LogP contribution < -0.4 is 11.0 Å². The Balaban J connectivity index is 0.000000793. The summed E-state index contributed by atoms with van der Waals surface area (Å²) in [5, 5.41) is 21.4. The van der Waals surface area contributed by atoms with Gasteiger partial charge < -0.3 is 64.3 Å². The maximum atomic E-state index is 12.1. The first-order valence-corrected chi connectivity index (χ1v) is 14.5. The lowest BCUT2D eigenvalue weighted by Gasteiger charge is -2.14. The Morgan fingerprint density at radius 2 is 1.38 bits per heavy atom. The highest BCUT2D eigenvalue weighted by molar-refractivity contribution is 7.45. The van der Waals surface area contributed by atoms with Gasteiger partial charge in [-0.05, 0) is 18.2 Å². The van der Waals surface area contributed by atoms with E-state index in [4.69, 9.17) is 67.6 Å². The number of carbonyl (C=O) groups is 1. The van der Waals surface area contributed by atoms with Crippen molar-refractivity contribution in [1.82, 2.24) is 9.55 Å². The van der Waals surface area contributed by atoms with E-state index in [0.717, 1.165) is 0 Å². The number of aromatic nitrogens is 2. The average Bonchev–Trinajstić information content (AvgIpc) is 3.11. The van der Waals surface area contributed by atoms with Gasteiger partial charge in [-0.2, -0.15) is 4.98 Å². The summed E-state index contributed by atoms with van der Waals surface area (Å²) in [6.45, 7) is -0.328. The molecule has 1 aliphatic rings. The number of amides is 1. The van der Waals surface area contributed by atoms with Crippen LogP contribution in [0.25, 0.3) is 0 Å². The van der Waals surface area contributed by atoms with Crippen LogP contribution >= 0.6 is 23.5 Å². The molecule has 1 fully saturated rings. The highest BCUT2D eigenvalue weighted by Gasteiger charge is 2.34. The van der Waals surface area contributed by atoms with Crippen LogP contribution in [0.1, 0.15) is 23.0 Å². The van der Waals surface area contributed by atoms with Gasteiger partial charge in [-0.1, -0.05) is 18.2 Å². The zero-order valence-corrected chi connectivity index (χ0v) is 22.0. The number of anilines is 1. The molecular formula is C16H26N3O17P3. The number of phosphoric acid groups is 3. The highest BCUT2D eigenvalue weighted by atomic mass is 31.2. The lowest BCUT2D eigenvalue weighted by molar-refractivity contribution is -0.0458. The van der Waals surface area contributed by atoms with E-state index in [9.17, 15) is 14.7 Å². The summed E-state index contributed by atoms with van der Waals surface area (Å²) in [7, 11) is -13.9. The van der Waals surface area contributed by atoms with Crippen molar-refractivity contribution in [3.8, 4) is 0 Å². The quantitative estimate of drug-likeness (QED) is 0.154. The van der Waals surface area contributed by atoms with Crippen LogP contribution in [-0.2, 0) is 18.4 Å². The summed E-state index contributed by atoms with van der Waals surface area (Å²) in [6.07, 6.45) is -0.643. The molecule has 0 aliphatic carbocycles. The molecule has 3 rings (SSSR count). The molecule has 3 atom stereocenters. The number of nitrogens with zero attached hydrogens (tertiary/aromatic N) is 2. The van der Waals surface area contributed by atoms with Crippen molar-refractivity contribution >= 4 is 35.2 Å². The first-order valence-electron chi connectivity index (χ1n) is 9.83. The maximum absolute atomic E-state index is 12.1. The van der Waals surface area contributed by atoms with Gasteiger partial charge in [0.15, 0.2) is 0 Å². The Morgan fingerprint density at radius 1 is 0.923 bits per heavy atom. The van der Waals surface area contributed by atoms with Gasteiger partial charge >= 0.3 is 29.2 Å². The molecule has 0 saturated carbocycles. The molecule has 1 aromatic carbocycles. The minimum atomic E-state index is -4.64. The van der Waals surface area contributed by atoms with Gasteiger partial charge in [0.25, 0.3) is 5.91 Å². The van der Waals surface area contributed by atoms with E-state index in [1.807, 2.05) is 0 Å². The number of hydrogen-bond acceptors (Lipinski definition) is 9. The van der Waals surface area contributed by atoms with Gasteiger partial charge in [0.05, 0.1) is 12.7 Å². The molecule has 39 heavy (non-hydrogen) atoms. The zero-order valence-electron chi connectivity index (χ0n) is 19.3. The lowest BCUT2D eigenvalue weighted by Crippen LogP contribution is -2.28. The predicted octanol–water partition coefficient (Wildman–Crippen LogP) is -2.65. The Kier molecular flexibility index (Phi) is 15.2. The lowest BCUT2D eigenvalue weighted by atomic mass is 10.2. The molecule has 0 radical (unpaired) electrons. The van der Waals surface area contributed by atoms with Crippen molar-refractivity contribution < 1.29 is 77.5 Å². The van der Waals surface area contributed by atoms with Crippen molar-refractivity contribution in [2.45, 2.75) is 24.9 Å². The second-order valence-electron chi connectivity index (χ2n) is 6.98. The van der Waals surface area contributed by atoms with Gasteiger partial charge in [0.2, 0.25) is 0 Å². The second kappa shape index (κ2) is 16.1. The van der Waals surface area contributed by atoms with Crippen LogP contribution in [0.5, 0.6) is 0 Å². The van der Waals surface area contributed by atoms with Gasteiger partial charge in [-0.25, -0.2) is 18.5 Å². The first-order chi connectivity index (χ1) is 17.6. The van der Waals surface area contributed by atoms with E-state index in [-0.39, 0.29) is 24.8 Å². The summed E-state index contributed by atoms with van der Waals surface area (Å²) in [5.74, 6) is -0.240. The molecule has 1 aliphatic heterocycles. The van der Waals surface area contributed by atoms with Crippen LogP contribution in [-0.4, -0.2) is 88.5 Å². The predicted molar refractivity (Wildman–Crippen MR) is 127 cm³/mol. The second-order valence-corrected chi connectivity index (χ2v) is 10.1. The van der Waals surface area contributed by atoms with E-state index >= 15 is 0 Å². The number of aliphatic hydroxyl groups is 2. The molecule has 0 bridgehead atoms. The minimum absolute atomic E-state index is 0.127. The van der Waals surface area contributed by atoms with E-state index in [2.05, 4.69) is 10.3 Å². The SMILES string of the molecule is O=C(Nc1ccn([C@H]2C[C@H](O)[C@@H](CO)O2)c(=O)n1)c1ccccc1.O=P(O)(O)O.O=P(O)(O)O.O=P(O)(O)O. The van der Waals surface area contributed by atoms with Gasteiger partial charge in [0.1, 0.15) is 18.1 Å². The van der Waals surface area contributed by atoms with E-state index in [0.29, 0.717) is 5.56 Å². The fraction of sp³-hybridized carbons (Fsp3) is 0.312. The Bertz CT molecular complexity index is 1170. The van der Waals surface area contributed by atoms with Gasteiger partial charge in [0, 0.05) is 18.2 Å². The average molecular weight is 625 g/mol. The Labute approximate surface area is 218 Å². The Morgan fingerprint density at radius 3 is 1.77 bits per heavy atom. The molecule has 1 aromatic heterocycles. The maximum Gasteiger partial charge on any atom is 0.466 e. The number of rotatable bonds is 4. The molecule has 222 valence electrons. The van der Waals surface area contributed by atoms with Crippen molar-refractivity contribution in [2.75, 3.05) is 11.9 Å². The third-order valence-electron chi connectivity index (χ3n) is 3.80. The molecule has 1 amide bonds. The summed E-state index contributed by atoms with van der Waals surface area (Å²) < 4.78 is 33.3. The molecule has 2 heterocycles. The standard InChI is InChI=1S/C16H17N3O5.3H3O4P/c20-9-12-11(21)8-14(24-12)19-7-6-13(18-16(19)23)17-15(22)10-4-2-1-3-5-10;3*1-5(2,3)4/h1-7,11-12,14,20-21H,8-9H2,(H,17,18,22,23);3*(H3,1,2,3,4)/t11-,12+,14+;;;/m0.../s1. The van der Waals surface area contributed by atoms with Gasteiger partial charge in [-0.15, -0.1) is 0 Å². The topological polar surface area (TPSA) is 347 Å². The number of ether oxygens (including phenoxy) is 1. The fourth-order valence-corrected chi connectivity index (χ4v) is 2.53. The van der Waals surface area contributed by atoms with E-state index in [1.54, 1.807) is 30.3 Å². The van der Waals surface area contributed by atoms with Crippen molar-refractivity contribution in [3.63, 3.8) is 0 Å². The van der Waals surface area contributed by atoms with Gasteiger partial charge in [-0.3, -0.25) is 9.36 Å². The first kappa shape index (κ1) is 36.8. The number of hydrogen-bond donors (Lipinski definition) is 12. The monoisotopic (exact) mass is 625 g/mol. The highest BCUT2D eigenvalue weighted by Crippen LogP contribution is 2.28. The molecular weight excluding hydrogens is 599 g/mol. The molecule has 2 aromatic rings. The fourth-order valence-electron chi connectivity index (χ4n) is 2.53. The molecule has 20 nitrogen and oxygen atoms in total. The third kappa shape index (κ3) is 20.4. The summed E-state index contributed by atoms with van der Waals surface area (Å²) in [6, 6.07) is 10.1. The van der Waals surface area contributed by atoms with Crippen LogP contribution in [0.15, 0.2) is 47.4 Å². The number of benzene rings is 1. The molecule has 1 saturated heterocycles. The van der Waals surface area contributed by atoms with E-state index in [1.165, 1.54) is 16.8 Å². The normalized spacial score (nSPS) is 18.8. The largest absolute Gasteiger partial charge is 0.466 e. The van der Waals surface area contributed by atoms with Crippen LogP contribution in [0, 0.1) is 0 Å². The summed E-state index contributed by atoms with van der Waals surface area (Å²) in [5.41, 5.74) is -0.159. The third-order valence-corrected chi connectivity index (χ3v) is 3.80. The van der Waals surface area contributed by atoms with Crippen LogP contribution in [0.3, 0.4) is 0 Å². The summed E-state index contributed by atoms with van der Waals surface area (Å²) >= 11 is 0. The van der Waals surface area contributed by atoms with Crippen molar-refractivity contribution in [3.05, 3.63) is 58.6 Å². The van der Waals surface area contributed by atoms with Crippen molar-refractivity contribution in [2.24, 2.45) is 0 Å². The minimum Gasteiger partial charge on any atom is -0.394 e. The van der Waals surface area contributed by atoms with Crippen LogP contribution in [0.4, 0.5) is 5.82 Å². The Hall–Kier alpha value is -2.22. The molecule has 0 unspecified atom stereocenters. The van der Waals surface area contributed by atoms with E-state index < -0.39 is 47.6 Å². The van der Waals surface area contributed by atoms with Crippen molar-refractivity contribution in [1.29, 1.82) is 0 Å². The number of aliphatic hydroxyl groups excluding tert-OH is 2. The summed E-state index contributed by atoms with van der Waals surface area (Å²) in [4.78, 5) is 92.7. The molecule has 23 heteroatoms. The molecule has 0 spiro atoms. The number of carbonyl (C=O) groups excluding carboxylic acids is 1. The smallest absolute Gasteiger partial charge is 0.394 e. The number of nitrogens with one attached hydrogen (secondary N) is 1.